The largest absolute Gasteiger partial charge is 0.635 e. The van der Waals surface area contributed by atoms with E-state index in [4.69, 9.17) is 9.31 Å². The third-order valence-corrected chi connectivity index (χ3v) is 4.06. The van der Waals surface area contributed by atoms with Crippen molar-refractivity contribution in [1.29, 1.82) is 0 Å². The molecule has 122 valence electrons. The van der Waals surface area contributed by atoms with E-state index in [-0.39, 0.29) is 0 Å². The smallest absolute Gasteiger partial charge is 0.519 e. The molecule has 0 N–H and O–H groups in total. The van der Waals surface area contributed by atoms with Gasteiger partial charge in [-0.05, 0) is 49.2 Å². The number of benzene rings is 3. The zero-order chi connectivity index (χ0) is 17.2. The summed E-state index contributed by atoms with van der Waals surface area (Å²) in [6.45, 7) is 4.07. The Morgan fingerprint density at radius 1 is 0.800 bits per heavy atom. The van der Waals surface area contributed by atoms with Crippen molar-refractivity contribution in [2.45, 2.75) is 13.8 Å². The first-order valence-electron chi connectivity index (χ1n) is 8.21. The van der Waals surface area contributed by atoms with E-state index in [1.165, 1.54) is 0 Å². The number of rotatable bonds is 3. The maximum atomic E-state index is 6.05. The number of aryl methyl sites for hydroxylation is 2. The standard InChI is InChI=1S/C20H17BN2O2/c1-14-12-15(2)20-19(13-14)24-21(25-20)17-10-6-7-11-18(17)23-22-16-8-4-3-5-9-16/h3-13H,1-2H3. The van der Waals surface area contributed by atoms with Gasteiger partial charge in [-0.2, -0.15) is 10.2 Å². The minimum Gasteiger partial charge on any atom is -0.519 e. The van der Waals surface area contributed by atoms with Gasteiger partial charge in [0.25, 0.3) is 0 Å². The Hall–Kier alpha value is -3.08. The van der Waals surface area contributed by atoms with Crippen molar-refractivity contribution in [1.82, 2.24) is 0 Å². The van der Waals surface area contributed by atoms with E-state index in [0.29, 0.717) is 0 Å². The van der Waals surface area contributed by atoms with Crippen LogP contribution in [0.2, 0.25) is 0 Å². The van der Waals surface area contributed by atoms with E-state index in [0.717, 1.165) is 39.5 Å². The topological polar surface area (TPSA) is 43.2 Å². The molecule has 0 fully saturated rings. The van der Waals surface area contributed by atoms with Gasteiger partial charge in [0.2, 0.25) is 0 Å². The van der Waals surface area contributed by atoms with Gasteiger partial charge < -0.3 is 9.31 Å². The van der Waals surface area contributed by atoms with Crippen LogP contribution in [0.25, 0.3) is 0 Å². The molecule has 3 aromatic rings. The van der Waals surface area contributed by atoms with Gasteiger partial charge in [0.15, 0.2) is 0 Å². The second-order valence-electron chi connectivity index (χ2n) is 6.07. The Balaban J connectivity index is 1.64. The van der Waals surface area contributed by atoms with Gasteiger partial charge in [-0.15, -0.1) is 0 Å². The summed E-state index contributed by atoms with van der Waals surface area (Å²) in [5.74, 6) is 1.57. The molecule has 4 rings (SSSR count). The lowest BCUT2D eigenvalue weighted by molar-refractivity contribution is 0.517. The molecule has 1 aliphatic rings. The molecular formula is C20H17BN2O2. The Morgan fingerprint density at radius 3 is 2.40 bits per heavy atom. The van der Waals surface area contributed by atoms with Crippen LogP contribution < -0.4 is 14.8 Å². The molecule has 0 aromatic heterocycles. The van der Waals surface area contributed by atoms with Gasteiger partial charge >= 0.3 is 7.12 Å². The molecule has 0 aliphatic carbocycles. The van der Waals surface area contributed by atoms with E-state index in [9.17, 15) is 0 Å². The molecule has 0 saturated heterocycles. The minimum absolute atomic E-state index is 0.513. The summed E-state index contributed by atoms with van der Waals surface area (Å²) >= 11 is 0. The van der Waals surface area contributed by atoms with E-state index in [1.807, 2.05) is 74.5 Å². The molecule has 0 unspecified atom stereocenters. The average molecular weight is 328 g/mol. The summed E-state index contributed by atoms with van der Waals surface area (Å²) in [6.07, 6.45) is 0. The highest BCUT2D eigenvalue weighted by atomic mass is 16.6. The monoisotopic (exact) mass is 328 g/mol. The van der Waals surface area contributed by atoms with Crippen molar-refractivity contribution < 1.29 is 9.31 Å². The van der Waals surface area contributed by atoms with E-state index in [2.05, 4.69) is 16.3 Å². The van der Waals surface area contributed by atoms with Crippen molar-refractivity contribution in [3.63, 3.8) is 0 Å². The summed E-state index contributed by atoms with van der Waals surface area (Å²) in [6, 6.07) is 21.5. The molecule has 25 heavy (non-hydrogen) atoms. The fraction of sp³-hybridized carbons (Fsp3) is 0.100. The molecule has 0 bridgehead atoms. The lowest BCUT2D eigenvalue weighted by Crippen LogP contribution is -2.39. The molecule has 0 radical (unpaired) electrons. The van der Waals surface area contributed by atoms with Gasteiger partial charge in [0.1, 0.15) is 11.5 Å². The Kier molecular flexibility index (Phi) is 3.98. The molecule has 0 atom stereocenters. The second kappa shape index (κ2) is 6.44. The minimum atomic E-state index is -0.513. The Bertz CT molecular complexity index is 942. The first-order chi connectivity index (χ1) is 12.2. The predicted molar refractivity (Wildman–Crippen MR) is 99.6 cm³/mol. The highest BCUT2D eigenvalue weighted by Crippen LogP contribution is 2.38. The highest BCUT2D eigenvalue weighted by molar-refractivity contribution is 6.65. The van der Waals surface area contributed by atoms with Crippen LogP contribution in [0, 0.1) is 13.8 Å². The first-order valence-corrected chi connectivity index (χ1v) is 8.21. The van der Waals surface area contributed by atoms with E-state index in [1.54, 1.807) is 0 Å². The first kappa shape index (κ1) is 15.5. The van der Waals surface area contributed by atoms with Crippen molar-refractivity contribution in [3.8, 4) is 11.5 Å². The third kappa shape index (κ3) is 3.13. The van der Waals surface area contributed by atoms with Gasteiger partial charge in [-0.25, -0.2) is 0 Å². The molecule has 0 amide bonds. The molecule has 1 heterocycles. The number of hydrogen-bond acceptors (Lipinski definition) is 4. The molecule has 3 aromatic carbocycles. The molecule has 0 spiro atoms. The second-order valence-corrected chi connectivity index (χ2v) is 6.07. The maximum Gasteiger partial charge on any atom is 0.635 e. The highest BCUT2D eigenvalue weighted by Gasteiger charge is 2.37. The quantitative estimate of drug-likeness (QED) is 0.508. The maximum absolute atomic E-state index is 6.05. The summed E-state index contributed by atoms with van der Waals surface area (Å²) in [4.78, 5) is 0. The fourth-order valence-corrected chi connectivity index (χ4v) is 2.91. The van der Waals surface area contributed by atoms with Gasteiger partial charge in [-0.3, -0.25) is 0 Å². The van der Waals surface area contributed by atoms with E-state index < -0.39 is 7.12 Å². The van der Waals surface area contributed by atoms with Crippen LogP contribution in [-0.4, -0.2) is 7.12 Å². The number of azo groups is 1. The van der Waals surface area contributed by atoms with Gasteiger partial charge in [0, 0.05) is 5.46 Å². The number of fused-ring (bicyclic) bond motifs is 1. The van der Waals surface area contributed by atoms with Gasteiger partial charge in [0.05, 0.1) is 11.4 Å². The average Bonchev–Trinajstić information content (AvgIpc) is 3.05. The predicted octanol–water partition coefficient (Wildman–Crippen LogP) is 4.89. The van der Waals surface area contributed by atoms with Crippen LogP contribution in [0.4, 0.5) is 11.4 Å². The van der Waals surface area contributed by atoms with E-state index >= 15 is 0 Å². The zero-order valence-corrected chi connectivity index (χ0v) is 14.1. The van der Waals surface area contributed by atoms with Crippen molar-refractivity contribution in [3.05, 3.63) is 77.9 Å². The molecule has 4 nitrogen and oxygen atoms in total. The lowest BCUT2D eigenvalue weighted by Gasteiger charge is -2.07. The van der Waals surface area contributed by atoms with Crippen LogP contribution in [0.15, 0.2) is 77.0 Å². The molecule has 5 heteroatoms. The zero-order valence-electron chi connectivity index (χ0n) is 14.1. The molecule has 0 saturated carbocycles. The Labute approximate surface area is 147 Å². The van der Waals surface area contributed by atoms with Crippen LogP contribution in [-0.2, 0) is 0 Å². The summed E-state index contributed by atoms with van der Waals surface area (Å²) in [5, 5.41) is 8.69. The summed E-state index contributed by atoms with van der Waals surface area (Å²) in [5.41, 5.74) is 4.62. The van der Waals surface area contributed by atoms with Crippen LogP contribution in [0.1, 0.15) is 11.1 Å². The summed E-state index contributed by atoms with van der Waals surface area (Å²) in [7, 11) is -0.513. The van der Waals surface area contributed by atoms with Crippen molar-refractivity contribution >= 4 is 24.0 Å². The summed E-state index contributed by atoms with van der Waals surface area (Å²) < 4.78 is 12.1. The molecular weight excluding hydrogens is 311 g/mol. The van der Waals surface area contributed by atoms with Crippen molar-refractivity contribution in [2.24, 2.45) is 10.2 Å². The lowest BCUT2D eigenvalue weighted by atomic mass is 9.78. The van der Waals surface area contributed by atoms with Crippen molar-refractivity contribution in [2.75, 3.05) is 0 Å². The SMILES string of the molecule is Cc1cc(C)c2c(c1)OB(c1ccccc1N=Nc1ccccc1)O2. The molecule has 1 aliphatic heterocycles. The van der Waals surface area contributed by atoms with Crippen LogP contribution in [0.5, 0.6) is 11.5 Å². The number of nitrogens with zero attached hydrogens (tertiary/aromatic N) is 2. The Morgan fingerprint density at radius 2 is 1.56 bits per heavy atom. The van der Waals surface area contributed by atoms with Crippen LogP contribution >= 0.6 is 0 Å². The number of hydrogen-bond donors (Lipinski definition) is 0. The van der Waals surface area contributed by atoms with Crippen LogP contribution in [0.3, 0.4) is 0 Å². The normalized spacial score (nSPS) is 12.8. The third-order valence-electron chi connectivity index (χ3n) is 4.06. The van der Waals surface area contributed by atoms with Gasteiger partial charge in [-0.1, -0.05) is 42.5 Å². The fourth-order valence-electron chi connectivity index (χ4n) is 2.91.